The van der Waals surface area contributed by atoms with Gasteiger partial charge < -0.3 is 14.5 Å². The van der Waals surface area contributed by atoms with Gasteiger partial charge in [0.2, 0.25) is 0 Å². The molecule has 3 rings (SSSR count). The molecule has 0 radical (unpaired) electrons. The second kappa shape index (κ2) is 7.75. The fraction of sp³-hybridized carbons (Fsp3) is 0.125. The Kier molecular flexibility index (Phi) is 5.61. The van der Waals surface area contributed by atoms with Crippen molar-refractivity contribution < 1.29 is 9.13 Å². The Balaban J connectivity index is 2.10. The van der Waals surface area contributed by atoms with Gasteiger partial charge in [0.25, 0.3) is 5.17 Å². The molecule has 4 N–H and O–H groups in total. The summed E-state index contributed by atoms with van der Waals surface area (Å²) in [4.78, 5) is 4.23. The van der Waals surface area contributed by atoms with Gasteiger partial charge >= 0.3 is 0 Å². The fourth-order valence-corrected chi connectivity index (χ4v) is 3.24. The van der Waals surface area contributed by atoms with Crippen molar-refractivity contribution >= 4 is 61.9 Å². The molecular weight excluding hydrogens is 445 g/mol. The van der Waals surface area contributed by atoms with E-state index in [0.29, 0.717) is 26.4 Å². The number of nitrogens with two attached hydrogens (primary N) is 1. The second-order valence-electron chi connectivity index (χ2n) is 5.37. The summed E-state index contributed by atoms with van der Waals surface area (Å²) in [5.74, 6) is 4.84. The van der Waals surface area contributed by atoms with Gasteiger partial charge in [0.15, 0.2) is 5.65 Å². The van der Waals surface area contributed by atoms with Crippen LogP contribution in [0.4, 0.5) is 15.8 Å². The van der Waals surface area contributed by atoms with Crippen molar-refractivity contribution in [3.05, 3.63) is 57.7 Å². The van der Waals surface area contributed by atoms with Gasteiger partial charge in [0.05, 0.1) is 11.4 Å². The molecule has 0 fully saturated rings. The van der Waals surface area contributed by atoms with Crippen molar-refractivity contribution in [2.45, 2.75) is 13.0 Å². The predicted molar refractivity (Wildman–Crippen MR) is 107 cm³/mol. The fourth-order valence-electron chi connectivity index (χ4n) is 2.46. The molecule has 2 heterocycles. The zero-order valence-electron chi connectivity index (χ0n) is 13.5. The third-order valence-corrected chi connectivity index (χ3v) is 4.75. The zero-order chi connectivity index (χ0) is 18.8. The van der Waals surface area contributed by atoms with E-state index in [0.717, 1.165) is 0 Å². The van der Waals surface area contributed by atoms with Gasteiger partial charge in [-0.05, 0) is 37.3 Å². The van der Waals surface area contributed by atoms with Gasteiger partial charge in [-0.2, -0.15) is 0 Å². The molecule has 0 bridgehead atoms. The van der Waals surface area contributed by atoms with E-state index >= 15 is 0 Å². The van der Waals surface area contributed by atoms with Crippen LogP contribution in [0.5, 0.6) is 0 Å². The van der Waals surface area contributed by atoms with Gasteiger partial charge in [-0.25, -0.2) is 15.2 Å². The lowest BCUT2D eigenvalue weighted by Crippen LogP contribution is -2.31. The van der Waals surface area contributed by atoms with E-state index in [1.54, 1.807) is 42.0 Å². The van der Waals surface area contributed by atoms with Crippen LogP contribution in [-0.4, -0.2) is 14.6 Å². The number of hydrogen-bond acceptors (Lipinski definition) is 5. The number of halogens is 3. The minimum absolute atomic E-state index is 0.0279. The van der Waals surface area contributed by atoms with E-state index in [2.05, 4.69) is 31.7 Å². The number of rotatable bonds is 4. The molecule has 0 spiro atoms. The van der Waals surface area contributed by atoms with Crippen LogP contribution in [0.1, 0.15) is 18.6 Å². The first kappa shape index (κ1) is 18.8. The SMILES string of the molecule is CC(OC(=S)NN)c1cn2ccnc2c(Cl)c1Nc1ccc(Br)cc1F. The molecule has 1 atom stereocenters. The summed E-state index contributed by atoms with van der Waals surface area (Å²) in [6, 6.07) is 4.69. The number of benzene rings is 1. The molecule has 26 heavy (non-hydrogen) atoms. The zero-order valence-corrected chi connectivity index (χ0v) is 16.6. The average Bonchev–Trinajstić information content (AvgIpc) is 3.07. The molecule has 0 saturated heterocycles. The molecule has 0 amide bonds. The van der Waals surface area contributed by atoms with E-state index in [9.17, 15) is 4.39 Å². The summed E-state index contributed by atoms with van der Waals surface area (Å²) < 4.78 is 22.2. The molecule has 10 heteroatoms. The molecule has 2 aromatic heterocycles. The predicted octanol–water partition coefficient (Wildman–Crippen LogP) is 4.46. The second-order valence-corrected chi connectivity index (χ2v) is 7.04. The molecule has 136 valence electrons. The number of fused-ring (bicyclic) bond motifs is 1. The number of pyridine rings is 1. The van der Waals surface area contributed by atoms with Crippen LogP contribution in [0, 0.1) is 5.82 Å². The minimum atomic E-state index is -0.510. The van der Waals surface area contributed by atoms with Crippen molar-refractivity contribution in [2.75, 3.05) is 5.32 Å². The quantitative estimate of drug-likeness (QED) is 0.304. The molecular formula is C16H14BrClFN5OS. The average molecular weight is 459 g/mol. The van der Waals surface area contributed by atoms with E-state index in [1.165, 1.54) is 6.07 Å². The van der Waals surface area contributed by atoms with Crippen molar-refractivity contribution in [1.82, 2.24) is 14.8 Å². The number of aromatic nitrogens is 2. The monoisotopic (exact) mass is 457 g/mol. The number of nitrogens with zero attached hydrogens (tertiary/aromatic N) is 2. The maximum absolute atomic E-state index is 14.3. The Labute approximate surface area is 167 Å². The summed E-state index contributed by atoms with van der Waals surface area (Å²) in [5, 5.41) is 3.39. The summed E-state index contributed by atoms with van der Waals surface area (Å²) in [5.41, 5.74) is 4.19. The Morgan fingerprint density at radius 3 is 2.96 bits per heavy atom. The van der Waals surface area contributed by atoms with Crippen LogP contribution in [0.25, 0.3) is 5.65 Å². The lowest BCUT2D eigenvalue weighted by atomic mass is 10.1. The molecule has 0 aliphatic heterocycles. The number of nitrogens with one attached hydrogen (secondary N) is 2. The van der Waals surface area contributed by atoms with Crippen LogP contribution in [0.3, 0.4) is 0 Å². The topological polar surface area (TPSA) is 76.6 Å². The Bertz CT molecular complexity index is 983. The Hall–Kier alpha value is -1.94. The molecule has 0 saturated carbocycles. The third-order valence-electron chi connectivity index (χ3n) is 3.68. The molecule has 1 unspecified atom stereocenters. The molecule has 3 aromatic rings. The van der Waals surface area contributed by atoms with Gasteiger partial charge in [0, 0.05) is 28.6 Å². The van der Waals surface area contributed by atoms with Crippen molar-refractivity contribution in [3.8, 4) is 0 Å². The van der Waals surface area contributed by atoms with Gasteiger partial charge in [-0.15, -0.1) is 0 Å². The minimum Gasteiger partial charge on any atom is -0.462 e. The van der Waals surface area contributed by atoms with Crippen LogP contribution < -0.4 is 16.6 Å². The van der Waals surface area contributed by atoms with Crippen molar-refractivity contribution in [1.29, 1.82) is 0 Å². The lowest BCUT2D eigenvalue weighted by molar-refractivity contribution is 0.209. The highest BCUT2D eigenvalue weighted by atomic mass is 79.9. The van der Waals surface area contributed by atoms with Gasteiger partial charge in [0.1, 0.15) is 16.9 Å². The molecule has 6 nitrogen and oxygen atoms in total. The van der Waals surface area contributed by atoms with Crippen LogP contribution >= 0.6 is 39.7 Å². The maximum atomic E-state index is 14.3. The summed E-state index contributed by atoms with van der Waals surface area (Å²) in [6.45, 7) is 1.78. The standard InChI is InChI=1S/C16H14BrClFN5OS/c1-8(25-16(26)23-20)10-7-24-5-4-21-15(24)13(18)14(10)22-12-3-2-9(17)6-11(12)19/h2-8,22H,20H2,1H3,(H,23,26). The van der Waals surface area contributed by atoms with Gasteiger partial charge in [-0.1, -0.05) is 27.5 Å². The number of thiocarbonyl (C=S) groups is 1. The van der Waals surface area contributed by atoms with Crippen molar-refractivity contribution in [2.24, 2.45) is 5.84 Å². The summed E-state index contributed by atoms with van der Waals surface area (Å²) in [6.07, 6.45) is 4.65. The number of hydrogen-bond donors (Lipinski definition) is 3. The first-order valence-electron chi connectivity index (χ1n) is 7.45. The highest BCUT2D eigenvalue weighted by molar-refractivity contribution is 9.10. The Morgan fingerprint density at radius 2 is 2.27 bits per heavy atom. The summed E-state index contributed by atoms with van der Waals surface area (Å²) >= 11 is 14.7. The van der Waals surface area contributed by atoms with Crippen molar-refractivity contribution in [3.63, 3.8) is 0 Å². The first-order chi connectivity index (χ1) is 12.4. The Morgan fingerprint density at radius 1 is 1.50 bits per heavy atom. The van der Waals surface area contributed by atoms with E-state index < -0.39 is 11.9 Å². The highest BCUT2D eigenvalue weighted by Gasteiger charge is 2.21. The van der Waals surface area contributed by atoms with Gasteiger partial charge in [-0.3, -0.25) is 5.43 Å². The van der Waals surface area contributed by atoms with E-state index in [4.69, 9.17) is 34.4 Å². The number of ether oxygens (including phenoxy) is 1. The molecule has 0 aliphatic rings. The largest absolute Gasteiger partial charge is 0.462 e. The number of imidazole rings is 1. The molecule has 1 aromatic carbocycles. The number of hydrazine groups is 1. The maximum Gasteiger partial charge on any atom is 0.271 e. The highest BCUT2D eigenvalue weighted by Crippen LogP contribution is 2.37. The van der Waals surface area contributed by atoms with Crippen LogP contribution in [0.15, 0.2) is 41.3 Å². The van der Waals surface area contributed by atoms with E-state index in [-0.39, 0.29) is 10.9 Å². The first-order valence-corrected chi connectivity index (χ1v) is 9.03. The molecule has 0 aliphatic carbocycles. The smallest absolute Gasteiger partial charge is 0.271 e. The van der Waals surface area contributed by atoms with Crippen LogP contribution in [0.2, 0.25) is 5.02 Å². The van der Waals surface area contributed by atoms with Crippen LogP contribution in [-0.2, 0) is 4.74 Å². The van der Waals surface area contributed by atoms with E-state index in [1.807, 2.05) is 0 Å². The summed E-state index contributed by atoms with van der Waals surface area (Å²) in [7, 11) is 0. The third kappa shape index (κ3) is 3.75. The normalized spacial score (nSPS) is 12.0. The number of anilines is 2. The lowest BCUT2D eigenvalue weighted by Gasteiger charge is -2.21.